The monoisotopic (exact) mass is 290 g/mol. The highest BCUT2D eigenvalue weighted by Crippen LogP contribution is 2.56. The van der Waals surface area contributed by atoms with Crippen molar-refractivity contribution in [3.63, 3.8) is 0 Å². The minimum absolute atomic E-state index is 0.117. The summed E-state index contributed by atoms with van der Waals surface area (Å²) in [7, 11) is 0. The molecule has 0 aromatic carbocycles. The van der Waals surface area contributed by atoms with Gasteiger partial charge < -0.3 is 20.0 Å². The van der Waals surface area contributed by atoms with E-state index in [1.807, 2.05) is 12.2 Å². The van der Waals surface area contributed by atoms with Crippen molar-refractivity contribution >= 4 is 6.09 Å². The fourth-order valence-corrected chi connectivity index (χ4v) is 3.72. The molecule has 4 rings (SSSR count). The van der Waals surface area contributed by atoms with Gasteiger partial charge in [-0.15, -0.1) is 4.73 Å². The van der Waals surface area contributed by atoms with Gasteiger partial charge in [-0.25, -0.2) is 4.79 Å². The first-order valence-electron chi connectivity index (χ1n) is 7.49. The van der Waals surface area contributed by atoms with Crippen LogP contribution < -0.4 is 4.84 Å². The molecule has 6 nitrogen and oxygen atoms in total. The molecular weight excluding hydrogens is 272 g/mol. The van der Waals surface area contributed by atoms with Gasteiger partial charge in [-0.1, -0.05) is 12.2 Å². The van der Waals surface area contributed by atoms with Crippen molar-refractivity contribution in [1.29, 1.82) is 0 Å². The van der Waals surface area contributed by atoms with Crippen LogP contribution in [0.3, 0.4) is 0 Å². The van der Waals surface area contributed by atoms with Crippen LogP contribution in [0.5, 0.6) is 11.8 Å². The molecular formula is C15H18N2O4. The van der Waals surface area contributed by atoms with E-state index in [1.165, 1.54) is 0 Å². The van der Waals surface area contributed by atoms with Crippen molar-refractivity contribution in [3.05, 3.63) is 23.3 Å². The number of piperidine rings is 1. The Morgan fingerprint density at radius 3 is 2.19 bits per heavy atom. The van der Waals surface area contributed by atoms with Crippen molar-refractivity contribution in [2.45, 2.75) is 37.5 Å². The molecule has 3 aliphatic rings. The summed E-state index contributed by atoms with van der Waals surface area (Å²) in [6.45, 7) is 1.32. The first kappa shape index (κ1) is 12.6. The molecule has 112 valence electrons. The number of aromatic nitrogens is 1. The lowest BCUT2D eigenvalue weighted by molar-refractivity contribution is 0.0687. The van der Waals surface area contributed by atoms with Crippen LogP contribution in [0.1, 0.15) is 48.6 Å². The van der Waals surface area contributed by atoms with Crippen LogP contribution in [0.4, 0.5) is 4.79 Å². The topological polar surface area (TPSA) is 74.9 Å². The number of fused-ring (bicyclic) bond motifs is 5. The zero-order valence-electron chi connectivity index (χ0n) is 11.7. The van der Waals surface area contributed by atoms with Crippen molar-refractivity contribution < 1.29 is 19.8 Å². The molecule has 2 unspecified atom stereocenters. The minimum atomic E-state index is -0.519. The number of amides is 1. The van der Waals surface area contributed by atoms with Gasteiger partial charge in [0.2, 0.25) is 11.8 Å². The third-order valence-electron chi connectivity index (χ3n) is 4.77. The van der Waals surface area contributed by atoms with Gasteiger partial charge in [-0.05, 0) is 25.7 Å². The molecule has 2 aliphatic carbocycles. The Morgan fingerprint density at radius 2 is 1.62 bits per heavy atom. The number of carbonyl (C=O) groups excluding carboxylic acids is 1. The number of likely N-dealkylation sites (tertiary alicyclic amines) is 1. The van der Waals surface area contributed by atoms with Crippen LogP contribution in [0.25, 0.3) is 0 Å². The van der Waals surface area contributed by atoms with Crippen molar-refractivity contribution in [2.75, 3.05) is 13.1 Å². The highest BCUT2D eigenvalue weighted by molar-refractivity contribution is 5.69. The van der Waals surface area contributed by atoms with E-state index in [1.54, 1.807) is 4.90 Å². The van der Waals surface area contributed by atoms with Gasteiger partial charge >= 0.3 is 6.09 Å². The summed E-state index contributed by atoms with van der Waals surface area (Å²) in [5, 5.41) is 20.5. The second-order valence-corrected chi connectivity index (χ2v) is 6.01. The van der Waals surface area contributed by atoms with Crippen molar-refractivity contribution in [3.8, 4) is 11.8 Å². The van der Waals surface area contributed by atoms with E-state index in [4.69, 9.17) is 4.84 Å². The Morgan fingerprint density at radius 1 is 1.05 bits per heavy atom. The normalized spacial score (nSPS) is 26.2. The number of allylic oxidation sites excluding steroid dienone is 2. The molecule has 0 spiro atoms. The Hall–Kier alpha value is -2.11. The smallest absolute Gasteiger partial charge is 0.434 e. The van der Waals surface area contributed by atoms with E-state index in [9.17, 15) is 15.0 Å². The van der Waals surface area contributed by atoms with Crippen LogP contribution in [-0.2, 0) is 0 Å². The molecule has 2 bridgehead atoms. The third-order valence-corrected chi connectivity index (χ3v) is 4.77. The number of hydrogen-bond acceptors (Lipinski definition) is 4. The van der Waals surface area contributed by atoms with Gasteiger partial charge in [0.1, 0.15) is 0 Å². The second kappa shape index (κ2) is 4.44. The standard InChI is InChI=1S/C15H18N2O4/c18-13-11-9-4-5-10(8-9)12(11)14(19)17(13)21-15(20)16-6-2-1-3-7-16/h4-5,9-10,18-19H,1-3,6-8H2. The fourth-order valence-electron chi connectivity index (χ4n) is 3.72. The van der Waals surface area contributed by atoms with Crippen LogP contribution in [0, 0.1) is 0 Å². The van der Waals surface area contributed by atoms with E-state index in [0.717, 1.165) is 30.4 Å². The zero-order chi connectivity index (χ0) is 14.6. The van der Waals surface area contributed by atoms with Crippen LogP contribution in [0.2, 0.25) is 0 Å². The van der Waals surface area contributed by atoms with Gasteiger partial charge in [0.15, 0.2) is 0 Å². The average Bonchev–Trinajstić information content (AvgIpc) is 3.18. The maximum absolute atomic E-state index is 12.1. The summed E-state index contributed by atoms with van der Waals surface area (Å²) in [5.74, 6) is -0.0638. The zero-order valence-corrected chi connectivity index (χ0v) is 11.7. The summed E-state index contributed by atoms with van der Waals surface area (Å²) >= 11 is 0. The SMILES string of the molecule is O=C(On1c(O)c2c(c1O)C1C=CC2C1)N1CCCCC1. The summed E-state index contributed by atoms with van der Waals surface area (Å²) in [6, 6.07) is 0. The van der Waals surface area contributed by atoms with E-state index < -0.39 is 6.09 Å². The van der Waals surface area contributed by atoms with Gasteiger partial charge in [0.05, 0.1) is 0 Å². The lowest BCUT2D eigenvalue weighted by atomic mass is 10.0. The van der Waals surface area contributed by atoms with Crippen LogP contribution >= 0.6 is 0 Å². The Balaban J connectivity index is 1.61. The van der Waals surface area contributed by atoms with Crippen LogP contribution in [0.15, 0.2) is 12.2 Å². The van der Waals surface area contributed by atoms with Crippen LogP contribution in [-0.4, -0.2) is 39.0 Å². The Labute approximate surface area is 122 Å². The quantitative estimate of drug-likeness (QED) is 0.776. The maximum Gasteiger partial charge on any atom is 0.434 e. The fraction of sp³-hybridized carbons (Fsp3) is 0.533. The number of hydrogen-bond donors (Lipinski definition) is 2. The van der Waals surface area contributed by atoms with Gasteiger partial charge in [0, 0.05) is 36.1 Å². The van der Waals surface area contributed by atoms with E-state index >= 15 is 0 Å². The van der Waals surface area contributed by atoms with Gasteiger partial charge in [-0.3, -0.25) is 0 Å². The molecule has 1 amide bonds. The average molecular weight is 290 g/mol. The highest BCUT2D eigenvalue weighted by Gasteiger charge is 2.42. The number of nitrogens with zero attached hydrogens (tertiary/aromatic N) is 2. The lowest BCUT2D eigenvalue weighted by Crippen LogP contribution is -2.40. The number of rotatable bonds is 1. The first-order valence-corrected chi connectivity index (χ1v) is 7.49. The van der Waals surface area contributed by atoms with E-state index in [0.29, 0.717) is 24.2 Å². The molecule has 2 heterocycles. The lowest BCUT2D eigenvalue weighted by Gasteiger charge is -2.25. The summed E-state index contributed by atoms with van der Waals surface area (Å²) in [4.78, 5) is 18.9. The molecule has 2 atom stereocenters. The molecule has 6 heteroatoms. The third kappa shape index (κ3) is 1.74. The molecule has 1 aliphatic heterocycles. The first-order chi connectivity index (χ1) is 10.2. The summed E-state index contributed by atoms with van der Waals surface area (Å²) < 4.78 is 0.883. The maximum atomic E-state index is 12.1. The summed E-state index contributed by atoms with van der Waals surface area (Å²) in [6.07, 6.45) is 7.47. The van der Waals surface area contributed by atoms with E-state index in [2.05, 4.69) is 0 Å². The molecule has 1 aromatic rings. The molecule has 21 heavy (non-hydrogen) atoms. The molecule has 1 aromatic heterocycles. The molecule has 0 radical (unpaired) electrons. The summed E-state index contributed by atoms with van der Waals surface area (Å²) in [5.41, 5.74) is 1.40. The Kier molecular flexibility index (Phi) is 2.67. The Bertz CT molecular complexity index is 593. The second-order valence-electron chi connectivity index (χ2n) is 6.01. The predicted octanol–water partition coefficient (Wildman–Crippen LogP) is 2.07. The minimum Gasteiger partial charge on any atom is -0.492 e. The molecule has 0 saturated carbocycles. The number of aromatic hydroxyl groups is 2. The van der Waals surface area contributed by atoms with Crippen molar-refractivity contribution in [2.24, 2.45) is 0 Å². The van der Waals surface area contributed by atoms with Gasteiger partial charge in [0.25, 0.3) is 0 Å². The molecule has 1 saturated heterocycles. The van der Waals surface area contributed by atoms with E-state index in [-0.39, 0.29) is 23.6 Å². The predicted molar refractivity (Wildman–Crippen MR) is 74.4 cm³/mol. The molecule has 2 N–H and O–H groups in total. The van der Waals surface area contributed by atoms with Gasteiger partial charge in [-0.2, -0.15) is 0 Å². The van der Waals surface area contributed by atoms with Crippen molar-refractivity contribution in [1.82, 2.24) is 9.63 Å². The number of carbonyl (C=O) groups is 1. The largest absolute Gasteiger partial charge is 0.492 e. The highest BCUT2D eigenvalue weighted by atomic mass is 16.7. The molecule has 1 fully saturated rings.